The molecular formula is C67H77N14O12+. The molecule has 3 N–H and O–H groups in total. The molecule has 3 aliphatic rings. The van der Waals surface area contributed by atoms with Gasteiger partial charge in [0.1, 0.15) is 25.2 Å². The van der Waals surface area contributed by atoms with E-state index in [2.05, 4.69) is 48.4 Å². The van der Waals surface area contributed by atoms with Crippen LogP contribution in [0, 0.1) is 17.2 Å². The molecule has 0 saturated carbocycles. The van der Waals surface area contributed by atoms with E-state index in [1.807, 2.05) is 42.4 Å². The third-order valence-corrected chi connectivity index (χ3v) is 17.1. The Balaban J connectivity index is 0.621. The quantitative estimate of drug-likeness (QED) is 0.0293. The highest BCUT2D eigenvalue weighted by Crippen LogP contribution is 2.42. The summed E-state index contributed by atoms with van der Waals surface area (Å²) in [6.07, 6.45) is 7.66. The van der Waals surface area contributed by atoms with Gasteiger partial charge in [0, 0.05) is 111 Å². The number of likely N-dealkylation sites (N-methyl/N-ethyl adjacent to an activating group) is 4. The first kappa shape index (κ1) is 65.5. The number of fused-ring (bicyclic) bond motifs is 6. The van der Waals surface area contributed by atoms with Crippen molar-refractivity contribution in [3.05, 3.63) is 120 Å². The summed E-state index contributed by atoms with van der Waals surface area (Å²) in [7, 11) is 8.26. The second-order valence-corrected chi connectivity index (χ2v) is 23.4. The highest BCUT2D eigenvalue weighted by Gasteiger charge is 2.34. The number of azo groups is 1. The summed E-state index contributed by atoms with van der Waals surface area (Å²) in [6.45, 7) is 5.07. The molecule has 26 nitrogen and oxygen atoms in total. The number of nitrogens with zero attached hydrogens (tertiary/aromatic N) is 12. The van der Waals surface area contributed by atoms with Crippen LogP contribution in [-0.4, -0.2) is 176 Å². The van der Waals surface area contributed by atoms with Gasteiger partial charge in [-0.05, 0) is 108 Å². The minimum absolute atomic E-state index is 0.0193. The first-order valence-corrected chi connectivity index (χ1v) is 31.0. The maximum atomic E-state index is 13.7. The number of ether oxygens (including phenoxy) is 5. The number of rotatable bonds is 24. The van der Waals surface area contributed by atoms with Crippen LogP contribution in [0.25, 0.3) is 33.1 Å². The SMILES string of the molecule is COc1ccc2cc3[n+](cc2c1OC(=O)N(C)CCNC(=O)CCCCCNC(=O)c1cc(/N=N/c2ccc(COC(=O)N(C)CCN(C)C(=O)n4ccc5c(N(C)[C@H]6CN(C(=O)CC#N)CC[C@H]6C)ncnc54)cc2)ccc1CCO)CCc1cc2c(cc1-3)OCO2. The first-order valence-electron chi connectivity index (χ1n) is 31.0. The second kappa shape index (κ2) is 30.1. The fraction of sp³-hybridized carbons (Fsp3) is 0.403. The van der Waals surface area contributed by atoms with Gasteiger partial charge in [0.05, 0.1) is 46.9 Å². The molecule has 7 aromatic rings. The fourth-order valence-corrected chi connectivity index (χ4v) is 11.6. The summed E-state index contributed by atoms with van der Waals surface area (Å²) in [4.78, 5) is 96.0. The standard InChI is InChI=1S/C67H76N14O12/c1-43-20-27-80(60(84)19-24-68)39-55(43)78(5)62-50-22-29-81(63(50)72-41-71-62)65(86)75(2)31-32-77(4)66(87)90-40-44-11-15-48(16-12-44)73-74-49-17-13-45(23-33-82)52(36-49)64(85)70-25-9-7-8-10-59(83)69-26-30-76(3)67(88)93-61-53-38-79-28-21-47-35-57-58(92-42-91-57)37-51(47)54(79)34-46(53)14-18-56(61)89-6/h11-18,22,29,34-38,41,43,55,82H,7-10,19-21,23,25-28,30-33,39-40,42H2,1-6H3,(H-,69,70,83,85)/p+1/b74-73+/t43-,55+/m1/s1. The van der Waals surface area contributed by atoms with Crippen LogP contribution in [0.3, 0.4) is 0 Å². The Bertz CT molecular complexity index is 4000. The van der Waals surface area contributed by atoms with Crippen molar-refractivity contribution < 1.29 is 62.1 Å². The van der Waals surface area contributed by atoms with E-state index in [4.69, 9.17) is 28.9 Å². The van der Waals surface area contributed by atoms with Crippen LogP contribution in [0.4, 0.5) is 31.6 Å². The van der Waals surface area contributed by atoms with E-state index < -0.39 is 12.2 Å². The van der Waals surface area contributed by atoms with Crippen molar-refractivity contribution in [3.8, 4) is 40.3 Å². The third kappa shape index (κ3) is 15.5. The number of benzene rings is 4. The highest BCUT2D eigenvalue weighted by atomic mass is 16.7. The van der Waals surface area contributed by atoms with Gasteiger partial charge in [0.25, 0.3) is 5.91 Å². The number of amides is 6. The van der Waals surface area contributed by atoms with Gasteiger partial charge >= 0.3 is 18.2 Å². The maximum absolute atomic E-state index is 13.7. The number of aryl methyl sites for hydroxylation is 2. The normalized spacial score (nSPS) is 14.6. The Morgan fingerprint density at radius 1 is 0.839 bits per heavy atom. The number of pyridine rings is 1. The predicted molar refractivity (Wildman–Crippen MR) is 343 cm³/mol. The molecule has 0 radical (unpaired) electrons. The van der Waals surface area contributed by atoms with Gasteiger partial charge in [-0.2, -0.15) is 20.1 Å². The van der Waals surface area contributed by atoms with Gasteiger partial charge < -0.3 is 63.9 Å². The van der Waals surface area contributed by atoms with Crippen molar-refractivity contribution in [2.45, 2.75) is 77.5 Å². The van der Waals surface area contributed by atoms with Crippen molar-refractivity contribution in [1.29, 1.82) is 5.26 Å². The fourth-order valence-electron chi connectivity index (χ4n) is 11.6. The molecule has 0 aliphatic carbocycles. The van der Waals surface area contributed by atoms with E-state index >= 15 is 0 Å². The van der Waals surface area contributed by atoms with E-state index in [0.29, 0.717) is 101 Å². The zero-order chi connectivity index (χ0) is 65.7. The van der Waals surface area contributed by atoms with Crippen LogP contribution >= 0.6 is 0 Å². The number of piperidine rings is 1. The van der Waals surface area contributed by atoms with Gasteiger partial charge in [-0.1, -0.05) is 31.5 Å². The topological polar surface area (TPSA) is 292 Å². The third-order valence-electron chi connectivity index (χ3n) is 17.1. The van der Waals surface area contributed by atoms with E-state index in [0.717, 1.165) is 47.2 Å². The van der Waals surface area contributed by atoms with Crippen LogP contribution in [0.2, 0.25) is 0 Å². The molecule has 0 unspecified atom stereocenters. The lowest BCUT2D eigenvalue weighted by atomic mass is 9.92. The number of aromatic nitrogens is 4. The summed E-state index contributed by atoms with van der Waals surface area (Å²) >= 11 is 0. The van der Waals surface area contributed by atoms with Crippen LogP contribution in [0.5, 0.6) is 23.0 Å². The number of likely N-dealkylation sites (tertiary alicyclic amines) is 1. The molecule has 0 bridgehead atoms. The largest absolute Gasteiger partial charge is 0.493 e. The van der Waals surface area contributed by atoms with Gasteiger partial charge in [0.2, 0.25) is 24.3 Å². The molecule has 0 spiro atoms. The number of anilines is 1. The first-order chi connectivity index (χ1) is 45.0. The molecule has 4 aromatic carbocycles. The summed E-state index contributed by atoms with van der Waals surface area (Å²) in [5.41, 5.74) is 6.31. The van der Waals surface area contributed by atoms with E-state index in [1.54, 1.807) is 86.8 Å². The lowest BCUT2D eigenvalue weighted by Crippen LogP contribution is -2.52. The van der Waals surface area contributed by atoms with E-state index in [9.17, 15) is 33.9 Å². The number of carbonyl (C=O) groups is 6. The molecule has 6 amide bonds. The molecular weight excluding hydrogens is 1190 g/mol. The number of methoxy groups -OCH3 is 1. The van der Waals surface area contributed by atoms with Crippen LogP contribution in [0.15, 0.2) is 108 Å². The van der Waals surface area contributed by atoms with Gasteiger partial charge in [0.15, 0.2) is 41.4 Å². The lowest BCUT2D eigenvalue weighted by molar-refractivity contribution is -0.686. The Morgan fingerprint density at radius 2 is 1.60 bits per heavy atom. The average molecular weight is 1270 g/mol. The van der Waals surface area contributed by atoms with Gasteiger partial charge in [-0.15, -0.1) is 0 Å². The van der Waals surface area contributed by atoms with Gasteiger partial charge in [-0.25, -0.2) is 24.4 Å². The number of unbranched alkanes of at least 4 members (excludes halogenated alkanes) is 2. The summed E-state index contributed by atoms with van der Waals surface area (Å²) < 4.78 is 32.0. The molecule has 6 heterocycles. The molecule has 93 heavy (non-hydrogen) atoms. The van der Waals surface area contributed by atoms with E-state index in [-0.39, 0.29) is 101 Å². The van der Waals surface area contributed by atoms with Crippen molar-refractivity contribution >= 4 is 74.9 Å². The number of aliphatic hydroxyl groups is 1. The summed E-state index contributed by atoms with van der Waals surface area (Å²) in [5.74, 6) is 2.36. The Morgan fingerprint density at radius 3 is 2.39 bits per heavy atom. The van der Waals surface area contributed by atoms with E-state index in [1.165, 1.54) is 38.3 Å². The number of aliphatic hydroxyl groups excluding tert-OH is 1. The monoisotopic (exact) mass is 1270 g/mol. The predicted octanol–water partition coefficient (Wildman–Crippen LogP) is 8.08. The van der Waals surface area contributed by atoms with Crippen molar-refractivity contribution in [2.24, 2.45) is 16.1 Å². The zero-order valence-electron chi connectivity index (χ0n) is 53.1. The molecule has 486 valence electrons. The average Bonchev–Trinajstić information content (AvgIpc) is 1.58. The van der Waals surface area contributed by atoms with Crippen LogP contribution < -0.4 is 39.0 Å². The van der Waals surface area contributed by atoms with Crippen molar-refractivity contribution in [2.75, 3.05) is 99.4 Å². The minimum Gasteiger partial charge on any atom is -0.493 e. The van der Waals surface area contributed by atoms with Gasteiger partial charge in [-0.3, -0.25) is 19.0 Å². The highest BCUT2D eigenvalue weighted by molar-refractivity contribution is 5.97. The van der Waals surface area contributed by atoms with Crippen LogP contribution in [-0.2, 0) is 40.3 Å². The number of nitrogens with one attached hydrogen (secondary N) is 2. The number of hydrogen-bond donors (Lipinski definition) is 3. The molecule has 1 saturated heterocycles. The Labute approximate surface area is 538 Å². The second-order valence-electron chi connectivity index (χ2n) is 23.4. The number of hydrogen-bond acceptors (Lipinski definition) is 18. The molecule has 10 rings (SSSR count). The van der Waals surface area contributed by atoms with Crippen molar-refractivity contribution in [1.82, 2.24) is 44.8 Å². The minimum atomic E-state index is -0.601. The summed E-state index contributed by atoms with van der Waals surface area (Å²) in [5, 5.41) is 35.6. The summed E-state index contributed by atoms with van der Waals surface area (Å²) in [6, 6.07) is 25.2. The molecule has 3 aliphatic heterocycles. The smallest absolute Gasteiger partial charge is 0.415 e. The Hall–Kier alpha value is -10.4. The Kier molecular flexibility index (Phi) is 21.2. The maximum Gasteiger partial charge on any atom is 0.415 e. The molecule has 26 heteroatoms. The molecule has 1 fully saturated rings. The lowest BCUT2D eigenvalue weighted by Gasteiger charge is -2.42. The van der Waals surface area contributed by atoms with Crippen molar-refractivity contribution in [3.63, 3.8) is 0 Å². The molecule has 2 atom stereocenters. The van der Waals surface area contributed by atoms with Crippen LogP contribution in [0.1, 0.15) is 72.5 Å². The number of carbonyl (C=O) groups excluding carboxylic acids is 6. The zero-order valence-corrected chi connectivity index (χ0v) is 53.1. The molecule has 3 aromatic heterocycles. The number of nitriles is 1.